The first-order chi connectivity index (χ1) is 21.3. The number of ether oxygens (including phenoxy) is 1. The monoisotopic (exact) mass is 627 g/mol. The number of hydrogen-bond donors (Lipinski definition) is 1. The van der Waals surface area contributed by atoms with Crippen molar-refractivity contribution >= 4 is 28.3 Å². The van der Waals surface area contributed by atoms with Gasteiger partial charge in [0.1, 0.15) is 11.4 Å². The van der Waals surface area contributed by atoms with Crippen molar-refractivity contribution in [3.63, 3.8) is 0 Å². The third-order valence-electron chi connectivity index (χ3n) is 6.95. The predicted molar refractivity (Wildman–Crippen MR) is 147 cm³/mol. The van der Waals surface area contributed by atoms with E-state index >= 15 is 0 Å². The Labute approximate surface area is 249 Å². The maximum atomic E-state index is 14.5. The van der Waals surface area contributed by atoms with E-state index in [2.05, 4.69) is 10.1 Å². The standard InChI is InChI=1S/C30H19F6N5O4/c1-44-18-7-5-16(6-8-18)15-40-28(43)20-4-2-3-19-22(9-10-23(45-40)25(19)20)41-26(30(34,35)36)21(14-38-41)27(42)39-17-11-12-37-24(13-17)29(31,32)33/h2-14H,15H2,1H3,(H,37,39,42). The summed E-state index contributed by atoms with van der Waals surface area (Å²) in [6.07, 6.45) is -8.53. The number of rotatable bonds is 6. The van der Waals surface area contributed by atoms with Crippen LogP contribution in [0, 0.1) is 0 Å². The number of carbonyl (C=O) groups excluding carboxylic acids is 2. The number of amides is 2. The lowest BCUT2D eigenvalue weighted by atomic mass is 10.00. The highest BCUT2D eigenvalue weighted by Crippen LogP contribution is 2.41. The molecule has 0 radical (unpaired) electrons. The zero-order chi connectivity index (χ0) is 32.1. The average Bonchev–Trinajstić information content (AvgIpc) is 3.46. The van der Waals surface area contributed by atoms with Crippen LogP contribution in [-0.2, 0) is 18.9 Å². The molecule has 0 saturated heterocycles. The summed E-state index contributed by atoms with van der Waals surface area (Å²) >= 11 is 0. The number of carbonyl (C=O) groups is 2. The summed E-state index contributed by atoms with van der Waals surface area (Å²) < 4.78 is 88.2. The van der Waals surface area contributed by atoms with E-state index in [0.29, 0.717) is 22.7 Å². The maximum Gasteiger partial charge on any atom is 0.434 e. The van der Waals surface area contributed by atoms with Crippen LogP contribution in [0.5, 0.6) is 11.5 Å². The second-order valence-corrected chi connectivity index (χ2v) is 9.79. The molecule has 6 rings (SSSR count). The summed E-state index contributed by atoms with van der Waals surface area (Å²) in [5.41, 5.74) is -3.39. The minimum atomic E-state index is -5.13. The maximum absolute atomic E-state index is 14.5. The Morgan fingerprint density at radius 2 is 1.73 bits per heavy atom. The molecule has 230 valence electrons. The molecule has 3 aromatic carbocycles. The van der Waals surface area contributed by atoms with Crippen molar-refractivity contribution in [1.82, 2.24) is 19.8 Å². The highest BCUT2D eigenvalue weighted by Gasteiger charge is 2.41. The van der Waals surface area contributed by atoms with Crippen LogP contribution in [-0.4, -0.2) is 38.8 Å². The number of pyridine rings is 1. The van der Waals surface area contributed by atoms with Gasteiger partial charge in [0.05, 0.1) is 36.7 Å². The zero-order valence-electron chi connectivity index (χ0n) is 22.9. The molecule has 45 heavy (non-hydrogen) atoms. The summed E-state index contributed by atoms with van der Waals surface area (Å²) in [5.74, 6) is -1.05. The molecular weight excluding hydrogens is 608 g/mol. The van der Waals surface area contributed by atoms with Crippen LogP contribution in [0.15, 0.2) is 79.1 Å². The van der Waals surface area contributed by atoms with Gasteiger partial charge in [-0.05, 0) is 48.0 Å². The van der Waals surface area contributed by atoms with Gasteiger partial charge in [0.15, 0.2) is 11.4 Å². The van der Waals surface area contributed by atoms with Crippen LogP contribution in [0.1, 0.15) is 37.7 Å². The van der Waals surface area contributed by atoms with Crippen LogP contribution < -0.4 is 14.9 Å². The number of hydrogen-bond acceptors (Lipinski definition) is 6. The molecule has 0 aliphatic carbocycles. The fourth-order valence-corrected chi connectivity index (χ4v) is 4.93. The number of alkyl halides is 6. The van der Waals surface area contributed by atoms with Crippen molar-refractivity contribution in [2.45, 2.75) is 18.9 Å². The van der Waals surface area contributed by atoms with Crippen molar-refractivity contribution in [1.29, 1.82) is 0 Å². The Hall–Kier alpha value is -5.60. The van der Waals surface area contributed by atoms with Gasteiger partial charge in [0, 0.05) is 22.7 Å². The van der Waals surface area contributed by atoms with Crippen LogP contribution in [0.3, 0.4) is 0 Å². The molecule has 0 fully saturated rings. The largest absolute Gasteiger partial charge is 0.497 e. The number of benzene rings is 3. The summed E-state index contributed by atoms with van der Waals surface area (Å²) in [4.78, 5) is 35.4. The van der Waals surface area contributed by atoms with E-state index in [-0.39, 0.29) is 34.3 Å². The van der Waals surface area contributed by atoms with Crippen molar-refractivity contribution < 1.29 is 45.5 Å². The van der Waals surface area contributed by atoms with E-state index in [4.69, 9.17) is 9.57 Å². The molecule has 1 aliphatic rings. The lowest BCUT2D eigenvalue weighted by Gasteiger charge is -2.29. The van der Waals surface area contributed by atoms with Gasteiger partial charge in [-0.25, -0.2) is 4.68 Å². The van der Waals surface area contributed by atoms with Gasteiger partial charge >= 0.3 is 12.4 Å². The first-order valence-electron chi connectivity index (χ1n) is 13.0. The Morgan fingerprint density at radius 3 is 2.42 bits per heavy atom. The predicted octanol–water partition coefficient (Wildman–Crippen LogP) is 6.67. The second-order valence-electron chi connectivity index (χ2n) is 9.79. The molecule has 2 amide bonds. The molecule has 0 spiro atoms. The SMILES string of the molecule is COc1ccc(CN2Oc3ccc(-n4ncc(C(=O)Nc5ccnc(C(F)(F)F)c5)c4C(F)(F)F)c4cccc(c34)C2=O)cc1. The van der Waals surface area contributed by atoms with Gasteiger partial charge in [-0.15, -0.1) is 0 Å². The molecule has 2 aromatic heterocycles. The molecule has 0 bridgehead atoms. The van der Waals surface area contributed by atoms with E-state index in [9.17, 15) is 35.9 Å². The Morgan fingerprint density at radius 1 is 0.978 bits per heavy atom. The van der Waals surface area contributed by atoms with E-state index < -0.39 is 46.8 Å². The smallest absolute Gasteiger partial charge is 0.434 e. The summed E-state index contributed by atoms with van der Waals surface area (Å²) in [7, 11) is 1.52. The zero-order valence-corrected chi connectivity index (χ0v) is 22.9. The van der Waals surface area contributed by atoms with E-state index in [1.165, 1.54) is 37.4 Å². The van der Waals surface area contributed by atoms with E-state index in [1.807, 2.05) is 5.32 Å². The van der Waals surface area contributed by atoms with Gasteiger partial charge in [0.2, 0.25) is 0 Å². The Bertz CT molecular complexity index is 1950. The molecule has 0 atom stereocenters. The fraction of sp³-hybridized carbons (Fsp3) is 0.133. The normalized spacial score (nSPS) is 13.1. The van der Waals surface area contributed by atoms with Gasteiger partial charge in [0.25, 0.3) is 11.8 Å². The number of nitrogens with one attached hydrogen (secondary N) is 1. The number of nitrogens with zero attached hydrogens (tertiary/aromatic N) is 4. The topological polar surface area (TPSA) is 98.6 Å². The third kappa shape index (κ3) is 5.47. The molecule has 15 heteroatoms. The van der Waals surface area contributed by atoms with Crippen LogP contribution in [0.25, 0.3) is 16.5 Å². The average molecular weight is 628 g/mol. The molecular formula is C30H19F6N5O4. The number of anilines is 1. The molecule has 0 unspecified atom stereocenters. The van der Waals surface area contributed by atoms with Crippen molar-refractivity contribution in [2.75, 3.05) is 12.4 Å². The quantitative estimate of drug-likeness (QED) is 0.211. The molecule has 3 heterocycles. The third-order valence-corrected chi connectivity index (χ3v) is 6.95. The first kappa shape index (κ1) is 29.5. The summed E-state index contributed by atoms with van der Waals surface area (Å²) in [6, 6.07) is 15.6. The molecule has 5 aromatic rings. The number of methoxy groups -OCH3 is 1. The molecule has 1 N–H and O–H groups in total. The molecule has 1 aliphatic heterocycles. The van der Waals surface area contributed by atoms with E-state index in [0.717, 1.165) is 22.9 Å². The number of hydroxylamine groups is 2. The van der Waals surface area contributed by atoms with Crippen LogP contribution >= 0.6 is 0 Å². The Kier molecular flexibility index (Phi) is 7.10. The minimum absolute atomic E-state index is 0.0677. The van der Waals surface area contributed by atoms with Gasteiger partial charge < -0.3 is 14.9 Å². The summed E-state index contributed by atoms with van der Waals surface area (Å²) in [5, 5.41) is 7.41. The highest BCUT2D eigenvalue weighted by atomic mass is 19.4. The van der Waals surface area contributed by atoms with Crippen molar-refractivity contribution in [3.8, 4) is 17.2 Å². The highest BCUT2D eigenvalue weighted by molar-refractivity contribution is 6.12. The van der Waals surface area contributed by atoms with Gasteiger partial charge in [-0.1, -0.05) is 24.3 Å². The first-order valence-corrected chi connectivity index (χ1v) is 13.0. The Balaban J connectivity index is 1.37. The van der Waals surface area contributed by atoms with Crippen molar-refractivity contribution in [2.24, 2.45) is 0 Å². The van der Waals surface area contributed by atoms with Crippen molar-refractivity contribution in [3.05, 3.63) is 107 Å². The van der Waals surface area contributed by atoms with Crippen LogP contribution in [0.2, 0.25) is 0 Å². The second kappa shape index (κ2) is 10.8. The van der Waals surface area contributed by atoms with Gasteiger partial charge in [-0.2, -0.15) is 36.5 Å². The number of halogens is 6. The van der Waals surface area contributed by atoms with Crippen LogP contribution in [0.4, 0.5) is 32.0 Å². The molecule has 0 saturated carbocycles. The minimum Gasteiger partial charge on any atom is -0.497 e. The summed E-state index contributed by atoms with van der Waals surface area (Å²) in [6.45, 7) is 0.0677. The lowest BCUT2D eigenvalue weighted by molar-refractivity contribution is -0.143. The molecule has 9 nitrogen and oxygen atoms in total. The van der Waals surface area contributed by atoms with Gasteiger partial charge in [-0.3, -0.25) is 14.6 Å². The number of aromatic nitrogens is 3. The fourth-order valence-electron chi connectivity index (χ4n) is 4.93. The van der Waals surface area contributed by atoms with E-state index in [1.54, 1.807) is 24.3 Å². The lowest BCUT2D eigenvalue weighted by Crippen LogP contribution is -2.36.